The molecule has 3 heterocycles. The standard InChI is InChI=1S/C10H8N6O3/c17-8(9-12-14-15-13-9)5-2-1-3-7-11-4-6(10(18)19)16(5)7/h1-4,8,17H,(H,18,19)(H,12,13,14,15). The number of imidazole rings is 1. The molecule has 0 aromatic carbocycles. The van der Waals surface area contributed by atoms with Gasteiger partial charge in [0.1, 0.15) is 5.65 Å². The lowest BCUT2D eigenvalue weighted by Crippen LogP contribution is -2.11. The first kappa shape index (κ1) is 11.3. The SMILES string of the molecule is O=C(O)c1cnc2cccc(C(O)c3nn[nH]n3)n12. The summed E-state index contributed by atoms with van der Waals surface area (Å²) in [6, 6.07) is 4.87. The van der Waals surface area contributed by atoms with E-state index in [4.69, 9.17) is 5.11 Å². The molecule has 19 heavy (non-hydrogen) atoms. The number of fused-ring (bicyclic) bond motifs is 1. The molecule has 0 saturated carbocycles. The molecule has 3 rings (SSSR count). The average molecular weight is 260 g/mol. The summed E-state index contributed by atoms with van der Waals surface area (Å²) < 4.78 is 1.34. The molecule has 0 bridgehead atoms. The summed E-state index contributed by atoms with van der Waals surface area (Å²) in [5, 5.41) is 32.2. The van der Waals surface area contributed by atoms with Crippen molar-refractivity contribution in [3.63, 3.8) is 0 Å². The Bertz CT molecular complexity index is 735. The van der Waals surface area contributed by atoms with Gasteiger partial charge in [-0.15, -0.1) is 10.2 Å². The van der Waals surface area contributed by atoms with E-state index in [1.165, 1.54) is 10.6 Å². The van der Waals surface area contributed by atoms with Crippen LogP contribution in [-0.4, -0.2) is 46.2 Å². The summed E-state index contributed by atoms with van der Waals surface area (Å²) in [6.45, 7) is 0. The number of nitrogens with one attached hydrogen (secondary N) is 1. The molecule has 0 aliphatic rings. The average Bonchev–Trinajstić information content (AvgIpc) is 3.06. The Morgan fingerprint density at radius 2 is 2.26 bits per heavy atom. The maximum Gasteiger partial charge on any atom is 0.354 e. The molecule has 3 aromatic heterocycles. The fraction of sp³-hybridized carbons (Fsp3) is 0.100. The van der Waals surface area contributed by atoms with Crippen LogP contribution in [0.1, 0.15) is 28.1 Å². The highest BCUT2D eigenvalue weighted by molar-refractivity contribution is 5.86. The minimum atomic E-state index is -1.20. The van der Waals surface area contributed by atoms with Gasteiger partial charge in [-0.05, 0) is 12.1 Å². The number of H-pyrrole nitrogens is 1. The fourth-order valence-corrected chi connectivity index (χ4v) is 1.84. The lowest BCUT2D eigenvalue weighted by Gasteiger charge is -2.10. The van der Waals surface area contributed by atoms with Gasteiger partial charge in [-0.1, -0.05) is 11.3 Å². The Morgan fingerprint density at radius 1 is 1.42 bits per heavy atom. The third-order valence-corrected chi connectivity index (χ3v) is 2.67. The van der Waals surface area contributed by atoms with E-state index in [0.717, 1.165) is 0 Å². The molecule has 9 nitrogen and oxygen atoms in total. The zero-order chi connectivity index (χ0) is 13.4. The van der Waals surface area contributed by atoms with Crippen LogP contribution in [0.25, 0.3) is 5.65 Å². The molecule has 0 spiro atoms. The first-order chi connectivity index (χ1) is 9.18. The quantitative estimate of drug-likeness (QED) is 0.585. The van der Waals surface area contributed by atoms with Crippen molar-refractivity contribution in [1.29, 1.82) is 0 Å². The first-order valence-electron chi connectivity index (χ1n) is 5.29. The molecule has 0 aliphatic carbocycles. The van der Waals surface area contributed by atoms with Gasteiger partial charge in [-0.2, -0.15) is 5.21 Å². The fourth-order valence-electron chi connectivity index (χ4n) is 1.84. The molecular formula is C10H8N6O3. The Hall–Kier alpha value is -2.81. The number of carbonyl (C=O) groups is 1. The molecule has 1 atom stereocenters. The molecule has 0 fully saturated rings. The summed E-state index contributed by atoms with van der Waals surface area (Å²) in [5.74, 6) is -1.09. The van der Waals surface area contributed by atoms with Crippen molar-refractivity contribution in [3.8, 4) is 0 Å². The Balaban J connectivity index is 2.23. The molecule has 0 aliphatic heterocycles. The second-order valence-electron chi connectivity index (χ2n) is 3.77. The van der Waals surface area contributed by atoms with Crippen molar-refractivity contribution in [2.24, 2.45) is 0 Å². The van der Waals surface area contributed by atoms with Gasteiger partial charge in [-0.25, -0.2) is 9.78 Å². The summed E-state index contributed by atoms with van der Waals surface area (Å²) in [7, 11) is 0. The lowest BCUT2D eigenvalue weighted by atomic mass is 10.2. The van der Waals surface area contributed by atoms with E-state index in [9.17, 15) is 9.90 Å². The van der Waals surface area contributed by atoms with Crippen LogP contribution < -0.4 is 0 Å². The molecule has 3 aromatic rings. The summed E-state index contributed by atoms with van der Waals surface area (Å²) in [5.41, 5.74) is 0.666. The Labute approximate surface area is 105 Å². The van der Waals surface area contributed by atoms with Gasteiger partial charge in [0.05, 0.1) is 11.9 Å². The number of aromatic carboxylic acids is 1. The van der Waals surface area contributed by atoms with Crippen LogP contribution in [0.5, 0.6) is 0 Å². The number of rotatable bonds is 3. The number of tetrazole rings is 1. The minimum absolute atomic E-state index is 0.0480. The van der Waals surface area contributed by atoms with Crippen LogP contribution in [0, 0.1) is 0 Å². The number of hydrogen-bond acceptors (Lipinski definition) is 6. The van der Waals surface area contributed by atoms with Crippen LogP contribution in [-0.2, 0) is 0 Å². The third-order valence-electron chi connectivity index (χ3n) is 2.67. The van der Waals surface area contributed by atoms with Crippen molar-refractivity contribution < 1.29 is 15.0 Å². The number of nitrogens with zero attached hydrogens (tertiary/aromatic N) is 5. The summed E-state index contributed by atoms with van der Waals surface area (Å²) in [4.78, 5) is 15.1. The summed E-state index contributed by atoms with van der Waals surface area (Å²) >= 11 is 0. The number of carboxylic acids is 1. The molecular weight excluding hydrogens is 252 g/mol. The van der Waals surface area contributed by atoms with Crippen molar-refractivity contribution in [1.82, 2.24) is 30.0 Å². The minimum Gasteiger partial charge on any atom is -0.477 e. The molecule has 96 valence electrons. The summed E-state index contributed by atoms with van der Waals surface area (Å²) in [6.07, 6.45) is 0.0270. The van der Waals surface area contributed by atoms with Gasteiger partial charge in [0, 0.05) is 0 Å². The number of aliphatic hydroxyl groups is 1. The van der Waals surface area contributed by atoms with Crippen LogP contribution >= 0.6 is 0 Å². The van der Waals surface area contributed by atoms with Gasteiger partial charge in [0.2, 0.25) is 5.82 Å². The molecule has 9 heteroatoms. The molecule has 1 unspecified atom stereocenters. The van der Waals surface area contributed by atoms with E-state index in [2.05, 4.69) is 25.6 Å². The highest BCUT2D eigenvalue weighted by atomic mass is 16.4. The van der Waals surface area contributed by atoms with Crippen LogP contribution in [0.2, 0.25) is 0 Å². The number of aromatic nitrogens is 6. The van der Waals surface area contributed by atoms with E-state index in [1.807, 2.05) is 0 Å². The molecule has 0 radical (unpaired) electrons. The lowest BCUT2D eigenvalue weighted by molar-refractivity contribution is 0.0688. The molecule has 0 amide bonds. The predicted molar refractivity (Wildman–Crippen MR) is 60.4 cm³/mol. The predicted octanol–water partition coefficient (Wildman–Crippen LogP) is -0.373. The van der Waals surface area contributed by atoms with E-state index in [0.29, 0.717) is 11.3 Å². The van der Waals surface area contributed by atoms with Crippen LogP contribution in [0.15, 0.2) is 24.4 Å². The van der Waals surface area contributed by atoms with E-state index in [1.54, 1.807) is 18.2 Å². The molecule has 3 N–H and O–H groups in total. The van der Waals surface area contributed by atoms with Crippen molar-refractivity contribution in [2.45, 2.75) is 6.10 Å². The van der Waals surface area contributed by atoms with Gasteiger partial charge in [0.25, 0.3) is 0 Å². The largest absolute Gasteiger partial charge is 0.477 e. The Kier molecular flexibility index (Phi) is 2.46. The smallest absolute Gasteiger partial charge is 0.354 e. The number of pyridine rings is 1. The zero-order valence-corrected chi connectivity index (χ0v) is 9.43. The number of aromatic amines is 1. The highest BCUT2D eigenvalue weighted by Crippen LogP contribution is 2.20. The maximum absolute atomic E-state index is 11.1. The monoisotopic (exact) mass is 260 g/mol. The first-order valence-corrected chi connectivity index (χ1v) is 5.29. The van der Waals surface area contributed by atoms with Gasteiger partial charge < -0.3 is 10.2 Å². The van der Waals surface area contributed by atoms with E-state index < -0.39 is 12.1 Å². The second-order valence-corrected chi connectivity index (χ2v) is 3.77. The van der Waals surface area contributed by atoms with Gasteiger partial charge in [0.15, 0.2) is 11.8 Å². The number of hydrogen-bond donors (Lipinski definition) is 3. The third kappa shape index (κ3) is 1.72. The molecule has 0 saturated heterocycles. The van der Waals surface area contributed by atoms with Crippen molar-refractivity contribution in [3.05, 3.63) is 41.6 Å². The van der Waals surface area contributed by atoms with Crippen LogP contribution in [0.4, 0.5) is 0 Å². The van der Waals surface area contributed by atoms with Crippen molar-refractivity contribution in [2.75, 3.05) is 0 Å². The Morgan fingerprint density at radius 3 is 2.95 bits per heavy atom. The van der Waals surface area contributed by atoms with E-state index >= 15 is 0 Å². The highest BCUT2D eigenvalue weighted by Gasteiger charge is 2.21. The number of carboxylic acid groups (broad SMARTS) is 1. The van der Waals surface area contributed by atoms with Crippen molar-refractivity contribution >= 4 is 11.6 Å². The topological polar surface area (TPSA) is 129 Å². The second kappa shape index (κ2) is 4.14. The van der Waals surface area contributed by atoms with E-state index in [-0.39, 0.29) is 11.5 Å². The number of aliphatic hydroxyl groups excluding tert-OH is 1. The van der Waals surface area contributed by atoms with Gasteiger partial charge in [-0.3, -0.25) is 4.40 Å². The normalized spacial score (nSPS) is 12.7. The van der Waals surface area contributed by atoms with Crippen LogP contribution in [0.3, 0.4) is 0 Å². The van der Waals surface area contributed by atoms with Gasteiger partial charge >= 0.3 is 5.97 Å². The zero-order valence-electron chi connectivity index (χ0n) is 9.43. The maximum atomic E-state index is 11.1.